The molecule has 4 aromatic rings. The van der Waals surface area contributed by atoms with E-state index in [1.54, 1.807) is 30.3 Å². The maximum absolute atomic E-state index is 12.2. The predicted molar refractivity (Wildman–Crippen MR) is 190 cm³/mol. The molecule has 2 aromatic carbocycles. The molecule has 16 nitrogen and oxygen atoms in total. The molecule has 6 rings (SSSR count). The summed E-state index contributed by atoms with van der Waals surface area (Å²) >= 11 is 3.23. The number of hydrogen-bond acceptors (Lipinski definition) is 11. The van der Waals surface area contributed by atoms with E-state index in [2.05, 4.69) is 36.2 Å². The minimum Gasteiger partial charge on any atom is -0.508 e. The minimum absolute atomic E-state index is 0.00109. The molecule has 3 heterocycles. The Morgan fingerprint density at radius 1 is 0.759 bits per heavy atom. The largest absolute Gasteiger partial charge is 0.508 e. The molecule has 0 bridgehead atoms. The number of phenols is 1. The predicted octanol–water partition coefficient (Wildman–Crippen LogP) is 1.86. The van der Waals surface area contributed by atoms with Gasteiger partial charge in [-0.25, -0.2) is 4.79 Å². The van der Waals surface area contributed by atoms with E-state index in [0.717, 1.165) is 10.8 Å². The number of carboxylic acid groups (broad SMARTS) is 1. The van der Waals surface area contributed by atoms with Gasteiger partial charge in [-0.05, 0) is 42.0 Å². The zero-order valence-corrected chi connectivity index (χ0v) is 29.0. The van der Waals surface area contributed by atoms with Crippen LogP contribution in [0, 0.1) is 4.91 Å². The van der Waals surface area contributed by atoms with Gasteiger partial charge in [-0.2, -0.15) is 0 Å². The molecule has 1 aliphatic heterocycles. The van der Waals surface area contributed by atoms with Gasteiger partial charge in [0.25, 0.3) is 11.5 Å². The molecule has 0 spiro atoms. The molecule has 17 heteroatoms. The summed E-state index contributed by atoms with van der Waals surface area (Å²) in [5.74, 6) is -1.80. The minimum atomic E-state index is -1.04. The first-order valence-corrected chi connectivity index (χ1v) is 16.5. The Labute approximate surface area is 312 Å². The van der Waals surface area contributed by atoms with Crippen LogP contribution >= 0.6 is 0 Å². The van der Waals surface area contributed by atoms with Crippen LogP contribution in [0.4, 0.5) is 0 Å². The van der Waals surface area contributed by atoms with Gasteiger partial charge in [0, 0.05) is 34.7 Å². The van der Waals surface area contributed by atoms with Gasteiger partial charge in [0.1, 0.15) is 22.8 Å². The third-order valence-corrected chi connectivity index (χ3v) is 7.81. The molecule has 0 radical (unpaired) electrons. The van der Waals surface area contributed by atoms with Crippen molar-refractivity contribution in [2.75, 3.05) is 26.2 Å². The zero-order valence-electron chi connectivity index (χ0n) is 27.9. The number of amides is 2. The maximum atomic E-state index is 12.2. The Bertz CT molecular complexity index is 2560. The number of aromatic carboxylic acids is 1. The number of carbonyl (C=O) groups is 3. The van der Waals surface area contributed by atoms with Crippen LogP contribution in [0.5, 0.6) is 5.75 Å². The molecule has 54 heavy (non-hydrogen) atoms. The van der Waals surface area contributed by atoms with Gasteiger partial charge in [0.2, 0.25) is 0 Å². The Balaban J connectivity index is 0.000000209. The van der Waals surface area contributed by atoms with E-state index in [1.165, 1.54) is 60.7 Å². The Hall–Kier alpha value is -6.90. The molecule has 0 unspecified atom stereocenters. The molecule has 0 saturated heterocycles. The maximum Gasteiger partial charge on any atom is 0.336 e. The van der Waals surface area contributed by atoms with E-state index in [0.29, 0.717) is 46.5 Å². The SMILES string of the molecule is O=C(NCCNCCNC(=O)c1cccc(=O)n1O[C]#[Fe])c1cccc(=O)n1O.O=C(O)c1ccccc1-c1c2ccc(=O)cc-2oc2cc(O)ccc12. The van der Waals surface area contributed by atoms with E-state index < -0.39 is 28.9 Å². The number of fused-ring (bicyclic) bond motifs is 2. The van der Waals surface area contributed by atoms with Crippen molar-refractivity contribution in [3.8, 4) is 33.1 Å². The first-order chi connectivity index (χ1) is 26.0. The number of nitrogens with zero attached hydrogens (tertiary/aromatic N) is 2. The van der Waals surface area contributed by atoms with Gasteiger partial charge in [-0.1, -0.05) is 24.3 Å². The monoisotopic (exact) mass is 776 g/mol. The quantitative estimate of drug-likeness (QED) is 0.0480. The molecule has 6 N–H and O–H groups in total. The third kappa shape index (κ3) is 8.93. The van der Waals surface area contributed by atoms with Crippen molar-refractivity contribution in [1.29, 1.82) is 0 Å². The topological polar surface area (TPSA) is 231 Å². The van der Waals surface area contributed by atoms with Crippen molar-refractivity contribution in [3.05, 3.63) is 145 Å². The van der Waals surface area contributed by atoms with Crippen LogP contribution in [-0.4, -0.2) is 68.8 Å². The smallest absolute Gasteiger partial charge is 0.336 e. The first kappa shape index (κ1) is 38.3. The van der Waals surface area contributed by atoms with Crippen molar-refractivity contribution in [3.63, 3.8) is 0 Å². The van der Waals surface area contributed by atoms with Crippen LogP contribution in [0.15, 0.2) is 116 Å². The fraction of sp³-hybridized carbons (Fsp3) is 0.108. The molecule has 2 amide bonds. The standard InChI is InChI=1S/C20H12O5.C17H18N5O6.Fe/c21-11-5-7-15-17(9-11)25-18-10-12(22)6-8-16(18)19(15)13-3-1-2-4-14(13)20(23)24;1-28-22-13(5-3-7-15(22)24)17(26)20-11-9-18-8-10-19-16(25)12-4-2-6-14(23)21(12)27;/h1-10,21H,(H,23,24);2-7,18,27H,8-11H2,(H,19,25)(H,20,26);. The van der Waals surface area contributed by atoms with E-state index in [1.807, 2.05) is 0 Å². The van der Waals surface area contributed by atoms with Gasteiger partial charge in [0.15, 0.2) is 5.43 Å². The summed E-state index contributed by atoms with van der Waals surface area (Å²) in [5, 5.41) is 37.6. The van der Waals surface area contributed by atoms with Gasteiger partial charge in [0.05, 0.1) is 5.56 Å². The first-order valence-electron chi connectivity index (χ1n) is 15.9. The van der Waals surface area contributed by atoms with Crippen LogP contribution in [0.25, 0.3) is 33.4 Å². The van der Waals surface area contributed by atoms with E-state index in [4.69, 9.17) is 9.25 Å². The second-order valence-corrected chi connectivity index (χ2v) is 11.4. The summed E-state index contributed by atoms with van der Waals surface area (Å²) in [5.41, 5.74) is 0.695. The number of phenolic OH excluding ortho intramolecular Hbond substituents is 1. The summed E-state index contributed by atoms with van der Waals surface area (Å²) in [6, 6.07) is 23.6. The fourth-order valence-electron chi connectivity index (χ4n) is 5.30. The molecule has 0 atom stereocenters. The summed E-state index contributed by atoms with van der Waals surface area (Å²) < 4.78 is 6.81. The molecule has 0 saturated carbocycles. The number of aromatic nitrogens is 2. The molecule has 0 fully saturated rings. The van der Waals surface area contributed by atoms with Crippen LogP contribution in [-0.2, 0) is 15.4 Å². The zero-order chi connectivity index (χ0) is 38.8. The van der Waals surface area contributed by atoms with Crippen molar-refractivity contribution in [2.24, 2.45) is 0 Å². The number of pyridine rings is 2. The van der Waals surface area contributed by atoms with Gasteiger partial charge >= 0.3 is 123 Å². The van der Waals surface area contributed by atoms with E-state index >= 15 is 0 Å². The summed E-state index contributed by atoms with van der Waals surface area (Å²) in [6.45, 7) is 1.26. The Morgan fingerprint density at radius 2 is 1.43 bits per heavy atom. The number of nitrogens with one attached hydrogen (secondary N) is 3. The normalized spacial score (nSPS) is 10.5. The van der Waals surface area contributed by atoms with Crippen molar-refractivity contribution >= 4 is 28.8 Å². The summed E-state index contributed by atoms with van der Waals surface area (Å²) in [6.07, 6.45) is 0. The van der Waals surface area contributed by atoms with Crippen molar-refractivity contribution < 1.29 is 54.4 Å². The molecule has 1 aliphatic carbocycles. The second kappa shape index (κ2) is 17.5. The Kier molecular flexibility index (Phi) is 12.5. The van der Waals surface area contributed by atoms with Gasteiger partial charge < -0.3 is 19.8 Å². The van der Waals surface area contributed by atoms with Crippen molar-refractivity contribution in [2.45, 2.75) is 0 Å². The fourth-order valence-corrected chi connectivity index (χ4v) is 5.40. The molecule has 2 aromatic heterocycles. The summed E-state index contributed by atoms with van der Waals surface area (Å²) in [4.78, 5) is 77.3. The van der Waals surface area contributed by atoms with Crippen LogP contribution in [0.2, 0.25) is 0 Å². The number of rotatable bonds is 11. The number of aromatic hydroxyl groups is 1. The average molecular weight is 777 g/mol. The Morgan fingerprint density at radius 3 is 2.13 bits per heavy atom. The van der Waals surface area contributed by atoms with E-state index in [-0.39, 0.29) is 45.9 Å². The molecular weight excluding hydrogens is 746 g/mol. The van der Waals surface area contributed by atoms with Crippen LogP contribution in [0.3, 0.4) is 0 Å². The number of benzene rings is 3. The van der Waals surface area contributed by atoms with E-state index in [9.17, 15) is 44.2 Å². The van der Waals surface area contributed by atoms with Crippen LogP contribution < -0.4 is 37.3 Å². The third-order valence-electron chi connectivity index (χ3n) is 7.71. The number of carboxylic acids is 1. The van der Waals surface area contributed by atoms with Gasteiger partial charge in [-0.15, -0.1) is 4.73 Å². The van der Waals surface area contributed by atoms with Gasteiger partial charge in [-0.3, -0.25) is 14.4 Å². The second-order valence-electron chi connectivity index (χ2n) is 11.2. The molecular formula is C37H30FeN5O11. The molecule has 277 valence electrons. The number of carbonyl (C=O) groups excluding carboxylic acids is 2. The molecule has 2 aliphatic rings. The number of hydrogen-bond donors (Lipinski definition) is 6. The van der Waals surface area contributed by atoms with Crippen molar-refractivity contribution in [1.82, 2.24) is 25.4 Å². The average Bonchev–Trinajstić information content (AvgIpc) is 3.15. The van der Waals surface area contributed by atoms with Crippen LogP contribution in [0.1, 0.15) is 31.3 Å². The summed E-state index contributed by atoms with van der Waals surface area (Å²) in [7, 11) is 0.